The highest BCUT2D eigenvalue weighted by atomic mass is 16.5. The summed E-state index contributed by atoms with van der Waals surface area (Å²) in [5.41, 5.74) is -0.468. The van der Waals surface area contributed by atoms with E-state index in [1.54, 1.807) is 13.0 Å². The summed E-state index contributed by atoms with van der Waals surface area (Å²) < 4.78 is 6.01. The van der Waals surface area contributed by atoms with Crippen molar-refractivity contribution >= 4 is 12.0 Å². The average Bonchev–Trinajstić information content (AvgIpc) is 2.64. The molecule has 2 aliphatic rings. The van der Waals surface area contributed by atoms with Crippen molar-refractivity contribution in [1.29, 1.82) is 0 Å². The molecule has 154 valence electrons. The van der Waals surface area contributed by atoms with Gasteiger partial charge in [0.15, 0.2) is 0 Å². The van der Waals surface area contributed by atoms with Crippen molar-refractivity contribution in [2.24, 2.45) is 23.2 Å². The van der Waals surface area contributed by atoms with Gasteiger partial charge in [0.25, 0.3) is 0 Å². The minimum atomic E-state index is -1.27. The fourth-order valence-corrected chi connectivity index (χ4v) is 5.51. The Morgan fingerprint density at radius 1 is 1.18 bits per heavy atom. The lowest BCUT2D eigenvalue weighted by Gasteiger charge is -2.59. The number of carbonyl (C=O) groups excluding carboxylic acids is 1. The van der Waals surface area contributed by atoms with Gasteiger partial charge in [-0.25, -0.2) is 4.79 Å². The van der Waals surface area contributed by atoms with E-state index < -0.39 is 17.8 Å². The molecule has 0 saturated heterocycles. The largest absolute Gasteiger partial charge is 0.458 e. The van der Waals surface area contributed by atoms with Crippen LogP contribution in [0.15, 0.2) is 36.4 Å². The summed E-state index contributed by atoms with van der Waals surface area (Å²) in [6.45, 7) is 8.17. The molecule has 2 N–H and O–H groups in total. The molecule has 0 aliphatic heterocycles. The van der Waals surface area contributed by atoms with Gasteiger partial charge in [-0.3, -0.25) is 0 Å². The monoisotopic (exact) mass is 386 g/mol. The number of ether oxygens (including phenoxy) is 1. The highest BCUT2D eigenvalue weighted by Gasteiger charge is 2.60. The highest BCUT2D eigenvalue weighted by molar-refractivity contribution is 5.87. The molecular formula is C24H34O4. The van der Waals surface area contributed by atoms with Gasteiger partial charge in [0, 0.05) is 12.0 Å². The van der Waals surface area contributed by atoms with Gasteiger partial charge in [-0.05, 0) is 61.5 Å². The zero-order chi connectivity index (χ0) is 20.5. The quantitative estimate of drug-likeness (QED) is 0.601. The Balaban J connectivity index is 1.87. The first-order valence-electron chi connectivity index (χ1n) is 10.5. The van der Waals surface area contributed by atoms with Gasteiger partial charge in [0.2, 0.25) is 0 Å². The van der Waals surface area contributed by atoms with Gasteiger partial charge in [-0.1, -0.05) is 51.1 Å². The van der Waals surface area contributed by atoms with Gasteiger partial charge >= 0.3 is 5.97 Å². The summed E-state index contributed by atoms with van der Waals surface area (Å²) in [6, 6.07) is 9.64. The van der Waals surface area contributed by atoms with E-state index in [1.807, 2.05) is 30.3 Å². The van der Waals surface area contributed by atoms with Crippen LogP contribution in [-0.4, -0.2) is 34.0 Å². The molecule has 0 bridgehead atoms. The number of carbonyl (C=O) groups is 1. The third-order valence-electron chi connectivity index (χ3n) is 7.16. The van der Waals surface area contributed by atoms with E-state index in [0.717, 1.165) is 24.8 Å². The van der Waals surface area contributed by atoms with Crippen molar-refractivity contribution in [2.45, 2.75) is 71.2 Å². The summed E-state index contributed by atoms with van der Waals surface area (Å²) in [5.74, 6) is -0.169. The van der Waals surface area contributed by atoms with E-state index in [9.17, 15) is 15.0 Å². The zero-order valence-corrected chi connectivity index (χ0v) is 17.5. The Morgan fingerprint density at radius 2 is 1.82 bits per heavy atom. The third-order valence-corrected chi connectivity index (χ3v) is 7.16. The van der Waals surface area contributed by atoms with Crippen LogP contribution in [0.25, 0.3) is 6.08 Å². The van der Waals surface area contributed by atoms with Crippen molar-refractivity contribution in [1.82, 2.24) is 0 Å². The van der Waals surface area contributed by atoms with Crippen LogP contribution in [0.2, 0.25) is 0 Å². The number of benzene rings is 1. The second-order valence-electron chi connectivity index (χ2n) is 9.50. The van der Waals surface area contributed by atoms with Crippen molar-refractivity contribution in [2.75, 3.05) is 0 Å². The van der Waals surface area contributed by atoms with Crippen LogP contribution in [0.3, 0.4) is 0 Å². The Labute approximate surface area is 168 Å². The Hall–Kier alpha value is -1.65. The van der Waals surface area contributed by atoms with Crippen molar-refractivity contribution in [3.63, 3.8) is 0 Å². The number of hydrogen-bond acceptors (Lipinski definition) is 4. The van der Waals surface area contributed by atoms with Gasteiger partial charge in [0.1, 0.15) is 6.10 Å². The maximum atomic E-state index is 12.7. The second kappa shape index (κ2) is 8.00. The summed E-state index contributed by atoms with van der Waals surface area (Å²) >= 11 is 0. The molecule has 3 rings (SSSR count). The molecule has 28 heavy (non-hydrogen) atoms. The second-order valence-corrected chi connectivity index (χ2v) is 9.50. The van der Waals surface area contributed by atoms with Gasteiger partial charge in [0.05, 0.1) is 11.7 Å². The van der Waals surface area contributed by atoms with Crippen LogP contribution >= 0.6 is 0 Å². The molecule has 1 aromatic carbocycles. The molecule has 0 spiro atoms. The van der Waals surface area contributed by atoms with E-state index in [0.29, 0.717) is 12.3 Å². The first-order valence-corrected chi connectivity index (χ1v) is 10.5. The molecule has 0 heterocycles. The Morgan fingerprint density at radius 3 is 2.46 bits per heavy atom. The summed E-state index contributed by atoms with van der Waals surface area (Å²) in [5, 5.41) is 21.7. The number of esters is 1. The van der Waals surface area contributed by atoms with Crippen LogP contribution in [0.4, 0.5) is 0 Å². The first kappa shape index (κ1) is 21.1. The molecule has 6 atom stereocenters. The minimum Gasteiger partial charge on any atom is -0.458 e. The molecule has 2 aliphatic carbocycles. The van der Waals surface area contributed by atoms with Crippen molar-refractivity contribution in [3.05, 3.63) is 42.0 Å². The van der Waals surface area contributed by atoms with Crippen LogP contribution < -0.4 is 0 Å². The summed E-state index contributed by atoms with van der Waals surface area (Å²) in [7, 11) is 0. The van der Waals surface area contributed by atoms with Crippen LogP contribution in [0.5, 0.6) is 0 Å². The SMILES string of the molecule is CC(C)[C@@H]1CC[C@@]2(C)CC[C@@H](O)[C@](C)(O)[C@@H]2[C@@H]1OC(=O)/C=C/c1ccccc1. The summed E-state index contributed by atoms with van der Waals surface area (Å²) in [4.78, 5) is 12.7. The number of rotatable bonds is 4. The minimum absolute atomic E-state index is 0.137. The van der Waals surface area contributed by atoms with Crippen LogP contribution in [0.1, 0.15) is 58.9 Å². The number of aliphatic hydroxyl groups is 2. The Kier molecular flexibility index (Phi) is 6.02. The molecule has 2 fully saturated rings. The summed E-state index contributed by atoms with van der Waals surface area (Å²) in [6.07, 6.45) is 5.40. The number of fused-ring (bicyclic) bond motifs is 1. The predicted octanol–water partition coefficient (Wildman–Crippen LogP) is 4.21. The lowest BCUT2D eigenvalue weighted by Crippen LogP contribution is -2.64. The topological polar surface area (TPSA) is 66.8 Å². The molecule has 0 aromatic heterocycles. The zero-order valence-electron chi connectivity index (χ0n) is 17.5. The molecule has 2 saturated carbocycles. The maximum absolute atomic E-state index is 12.7. The number of aliphatic hydroxyl groups excluding tert-OH is 1. The Bertz CT molecular complexity index is 704. The van der Waals surface area contributed by atoms with E-state index in [-0.39, 0.29) is 23.2 Å². The molecule has 4 nitrogen and oxygen atoms in total. The van der Waals surface area contributed by atoms with Gasteiger partial charge in [-0.15, -0.1) is 0 Å². The molecular weight excluding hydrogens is 352 g/mol. The smallest absolute Gasteiger partial charge is 0.331 e. The molecule has 4 heteroatoms. The number of hydrogen-bond donors (Lipinski definition) is 2. The van der Waals surface area contributed by atoms with Crippen LogP contribution in [0, 0.1) is 23.2 Å². The average molecular weight is 387 g/mol. The van der Waals surface area contributed by atoms with E-state index >= 15 is 0 Å². The highest BCUT2D eigenvalue weighted by Crippen LogP contribution is 2.57. The molecule has 1 aromatic rings. The van der Waals surface area contributed by atoms with Gasteiger partial charge < -0.3 is 14.9 Å². The van der Waals surface area contributed by atoms with E-state index in [4.69, 9.17) is 4.74 Å². The van der Waals surface area contributed by atoms with E-state index in [2.05, 4.69) is 20.8 Å². The standard InChI is InChI=1S/C24H34O4/c1-16(2)18-12-14-23(3)15-13-19(25)24(4,27)22(23)21(18)28-20(26)11-10-17-8-6-5-7-9-17/h5-11,16,18-19,21-22,25,27H,12-15H2,1-4H3/b11-10+/t18-,19+,21+,22+,23-,24-/m0/s1. The van der Waals surface area contributed by atoms with Crippen LogP contribution in [-0.2, 0) is 9.53 Å². The first-order chi connectivity index (χ1) is 13.1. The molecule has 0 unspecified atom stereocenters. The van der Waals surface area contributed by atoms with E-state index in [1.165, 1.54) is 6.08 Å². The fraction of sp³-hybridized carbons (Fsp3) is 0.625. The predicted molar refractivity (Wildman–Crippen MR) is 110 cm³/mol. The third kappa shape index (κ3) is 4.04. The lowest BCUT2D eigenvalue weighted by atomic mass is 9.50. The molecule has 0 radical (unpaired) electrons. The lowest BCUT2D eigenvalue weighted by molar-refractivity contribution is -0.232. The van der Waals surface area contributed by atoms with Crippen molar-refractivity contribution < 1.29 is 19.7 Å². The normalized spacial score (nSPS) is 38.4. The van der Waals surface area contributed by atoms with Crippen molar-refractivity contribution in [3.8, 4) is 0 Å². The van der Waals surface area contributed by atoms with Gasteiger partial charge in [-0.2, -0.15) is 0 Å². The fourth-order valence-electron chi connectivity index (χ4n) is 5.51. The molecule has 0 amide bonds. The maximum Gasteiger partial charge on any atom is 0.331 e.